The summed E-state index contributed by atoms with van der Waals surface area (Å²) in [5.74, 6) is -2.97. The molecular formula is C45H53NO14. The number of terminal acetylenes is 1. The molecule has 2 bridgehead atoms. The first-order chi connectivity index (χ1) is 27.9. The minimum Gasteiger partial charge on any atom is -0.456 e. The van der Waals surface area contributed by atoms with Gasteiger partial charge in [0.25, 0.3) is 0 Å². The smallest absolute Gasteiger partial charge is 0.408 e. The number of benzene rings is 2. The number of amides is 1. The molecule has 2 aromatic carbocycles. The fraction of sp³-hybridized carbons (Fsp3) is 0.533. The van der Waals surface area contributed by atoms with E-state index in [0.29, 0.717) is 5.56 Å². The van der Waals surface area contributed by atoms with Crippen molar-refractivity contribution in [2.75, 3.05) is 6.61 Å². The summed E-state index contributed by atoms with van der Waals surface area (Å²) in [7, 11) is 0. The number of ether oxygens (including phenoxy) is 5. The first-order valence-corrected chi connectivity index (χ1v) is 19.8. The predicted molar refractivity (Wildman–Crippen MR) is 212 cm³/mol. The quantitative estimate of drug-likeness (QED) is 0.112. The number of carbonyl (C=O) groups excluding carboxylic acids is 5. The van der Waals surface area contributed by atoms with Crippen LogP contribution in [0.4, 0.5) is 4.79 Å². The van der Waals surface area contributed by atoms with E-state index in [1.807, 2.05) is 0 Å². The summed E-state index contributed by atoms with van der Waals surface area (Å²) < 4.78 is 29.5. The van der Waals surface area contributed by atoms with Crippen LogP contribution >= 0.6 is 0 Å². The maximum Gasteiger partial charge on any atom is 0.408 e. The average Bonchev–Trinajstić information content (AvgIpc) is 3.17. The molecule has 0 radical (unpaired) electrons. The number of aliphatic hydroxyl groups excluding tert-OH is 3. The van der Waals surface area contributed by atoms with Gasteiger partial charge in [-0.3, -0.25) is 9.59 Å². The van der Waals surface area contributed by atoms with Gasteiger partial charge in [0, 0.05) is 30.7 Å². The molecule has 60 heavy (non-hydrogen) atoms. The zero-order chi connectivity index (χ0) is 44.3. The highest BCUT2D eigenvalue weighted by Gasteiger charge is 2.78. The van der Waals surface area contributed by atoms with Gasteiger partial charge in [-0.25, -0.2) is 14.4 Å². The Hall–Kier alpha value is -5.11. The van der Waals surface area contributed by atoms with Crippen molar-refractivity contribution in [1.29, 1.82) is 0 Å². The van der Waals surface area contributed by atoms with Crippen LogP contribution in [0.25, 0.3) is 0 Å². The number of hydrogen-bond donors (Lipinski definition) is 5. The second kappa shape index (κ2) is 15.7. The number of alkyl carbamates (subject to hydrolysis) is 1. The number of nitrogens with one attached hydrogen (secondary N) is 1. The average molecular weight is 832 g/mol. The normalized spacial score (nSPS) is 32.8. The molecular weight excluding hydrogens is 778 g/mol. The van der Waals surface area contributed by atoms with Gasteiger partial charge in [0.15, 0.2) is 17.5 Å². The SMILES string of the molecule is C#Cc1ccc([C@H](NC(=O)OC(C)(C)C)[C@@H](O)C(=O)O[C@H]2C[C@@]3(O)[C@@H](OC(=O)c4ccccc4)[C@@H]4[C@]5(OC(C)=O)CO[C@@H]5C[C@H](O)[C@@]4(C)C(=O)[C@H](O)C(=C2C)C3(C)C)cc1. The van der Waals surface area contributed by atoms with E-state index in [9.17, 15) is 44.4 Å². The summed E-state index contributed by atoms with van der Waals surface area (Å²) in [6, 6.07) is 12.5. The van der Waals surface area contributed by atoms with E-state index < -0.39 is 112 Å². The maximum absolute atomic E-state index is 15.0. The Kier molecular flexibility index (Phi) is 11.7. The van der Waals surface area contributed by atoms with Gasteiger partial charge in [0.05, 0.1) is 35.6 Å². The monoisotopic (exact) mass is 831 g/mol. The highest BCUT2D eigenvalue weighted by molar-refractivity contribution is 5.94. The van der Waals surface area contributed by atoms with E-state index in [-0.39, 0.29) is 35.3 Å². The Morgan fingerprint density at radius 2 is 1.63 bits per heavy atom. The topological polar surface area (TPSA) is 224 Å². The number of hydrogen-bond acceptors (Lipinski definition) is 14. The molecule has 0 spiro atoms. The molecule has 6 rings (SSSR count). The van der Waals surface area contributed by atoms with Crippen molar-refractivity contribution in [1.82, 2.24) is 5.32 Å². The molecule has 15 nitrogen and oxygen atoms in total. The summed E-state index contributed by atoms with van der Waals surface area (Å²) in [6.07, 6.45) is -6.17. The number of aliphatic hydroxyl groups is 4. The maximum atomic E-state index is 15.0. The highest BCUT2D eigenvalue weighted by Crippen LogP contribution is 2.64. The zero-order valence-corrected chi connectivity index (χ0v) is 34.9. The number of carbonyl (C=O) groups is 5. The third-order valence-electron chi connectivity index (χ3n) is 12.8. The van der Waals surface area contributed by atoms with Crippen LogP contribution in [0.3, 0.4) is 0 Å². The van der Waals surface area contributed by atoms with Gasteiger partial charge in [-0.05, 0) is 75.6 Å². The third-order valence-corrected chi connectivity index (χ3v) is 12.8. The number of Topliss-reactive ketones (excluding diaryl/α,β-unsaturated/α-hetero) is 1. The van der Waals surface area contributed by atoms with Crippen molar-refractivity contribution in [3.05, 3.63) is 82.4 Å². The molecule has 1 aliphatic heterocycles. The van der Waals surface area contributed by atoms with E-state index in [0.717, 1.165) is 6.92 Å². The Morgan fingerprint density at radius 1 is 1.00 bits per heavy atom. The standard InChI is InChI=1S/C45H53NO14/c1-10-25-16-18-26(19-17-25)32(46-40(54)60-41(4,5)6)34(50)39(53)57-28-21-45(55)37(58-38(52)27-14-12-11-13-15-27)35-43(9,36(51)33(49)31(23(28)2)42(45,7)8)29(48)20-30-44(35,22-56-30)59-24(3)47/h1,11-19,28-30,32-35,37,48-50,55H,20-22H2,2-9H3,(H,46,54)/t28-,29-,30+,32-,33+,34+,35-,37-,43+,44-,45+/m0/s1. The molecule has 1 heterocycles. The van der Waals surface area contributed by atoms with Crippen molar-refractivity contribution in [2.24, 2.45) is 16.7 Å². The molecule has 1 amide bonds. The lowest BCUT2D eigenvalue weighted by atomic mass is 9.44. The fourth-order valence-corrected chi connectivity index (χ4v) is 9.69. The minimum atomic E-state index is -2.38. The molecule has 1 saturated heterocycles. The van der Waals surface area contributed by atoms with Gasteiger partial charge in [-0.2, -0.15) is 0 Å². The van der Waals surface area contributed by atoms with Crippen LogP contribution < -0.4 is 5.32 Å². The van der Waals surface area contributed by atoms with Gasteiger partial charge in [-0.15, -0.1) is 6.42 Å². The molecule has 4 aliphatic rings. The van der Waals surface area contributed by atoms with E-state index in [1.54, 1.807) is 51.1 Å². The molecule has 11 atom stereocenters. The number of rotatable bonds is 8. The first-order valence-electron chi connectivity index (χ1n) is 19.8. The molecule has 5 N–H and O–H groups in total. The van der Waals surface area contributed by atoms with Crippen molar-refractivity contribution >= 4 is 29.8 Å². The molecule has 322 valence electrons. The van der Waals surface area contributed by atoms with E-state index in [1.165, 1.54) is 52.0 Å². The Bertz CT molecular complexity index is 2120. The third kappa shape index (κ3) is 7.38. The van der Waals surface area contributed by atoms with Crippen LogP contribution in [0.2, 0.25) is 0 Å². The molecule has 3 aliphatic carbocycles. The van der Waals surface area contributed by atoms with Crippen LogP contribution in [0.5, 0.6) is 0 Å². The molecule has 3 fully saturated rings. The number of esters is 3. The zero-order valence-electron chi connectivity index (χ0n) is 34.9. The van der Waals surface area contributed by atoms with Crippen LogP contribution in [0.1, 0.15) is 95.8 Å². The lowest BCUT2D eigenvalue weighted by molar-refractivity contribution is -0.346. The predicted octanol–water partition coefficient (Wildman–Crippen LogP) is 3.24. The number of ketones is 1. The van der Waals surface area contributed by atoms with E-state index >= 15 is 0 Å². The highest BCUT2D eigenvalue weighted by atomic mass is 16.6. The van der Waals surface area contributed by atoms with Gasteiger partial charge in [0.1, 0.15) is 35.6 Å². The second-order valence-electron chi connectivity index (χ2n) is 17.9. The first kappa shape index (κ1) is 44.4. The lowest BCUT2D eigenvalue weighted by Crippen LogP contribution is -2.81. The molecule has 2 saturated carbocycles. The summed E-state index contributed by atoms with van der Waals surface area (Å²) >= 11 is 0. The Balaban J connectivity index is 1.48. The summed E-state index contributed by atoms with van der Waals surface area (Å²) in [6.45, 7) is 11.7. The van der Waals surface area contributed by atoms with Crippen LogP contribution in [-0.4, -0.2) is 110 Å². The van der Waals surface area contributed by atoms with Gasteiger partial charge in [-0.1, -0.05) is 50.1 Å². The second-order valence-corrected chi connectivity index (χ2v) is 17.9. The minimum absolute atomic E-state index is 0.0704. The Labute approximate surface area is 348 Å². The summed E-state index contributed by atoms with van der Waals surface area (Å²) in [5.41, 5.74) is -7.88. The summed E-state index contributed by atoms with van der Waals surface area (Å²) in [5, 5.41) is 51.7. The Morgan fingerprint density at radius 3 is 2.18 bits per heavy atom. The van der Waals surface area contributed by atoms with Crippen molar-refractivity contribution in [3.8, 4) is 12.3 Å². The molecule has 0 unspecified atom stereocenters. The molecule has 2 aromatic rings. The molecule has 0 aromatic heterocycles. The lowest BCUT2D eigenvalue weighted by Gasteiger charge is -2.67. The van der Waals surface area contributed by atoms with Crippen molar-refractivity contribution in [3.63, 3.8) is 0 Å². The van der Waals surface area contributed by atoms with Gasteiger partial charge in [0.2, 0.25) is 0 Å². The fourth-order valence-electron chi connectivity index (χ4n) is 9.69. The van der Waals surface area contributed by atoms with E-state index in [4.69, 9.17) is 30.1 Å². The van der Waals surface area contributed by atoms with Gasteiger partial charge >= 0.3 is 24.0 Å². The van der Waals surface area contributed by atoms with Crippen LogP contribution in [0.15, 0.2) is 65.7 Å². The van der Waals surface area contributed by atoms with E-state index in [2.05, 4.69) is 11.2 Å². The number of fused-ring (bicyclic) bond motifs is 5. The largest absolute Gasteiger partial charge is 0.456 e. The van der Waals surface area contributed by atoms with Crippen LogP contribution in [0, 0.1) is 29.1 Å². The molecule has 15 heteroatoms. The summed E-state index contributed by atoms with van der Waals surface area (Å²) in [4.78, 5) is 69.2. The van der Waals surface area contributed by atoms with Gasteiger partial charge < -0.3 is 49.4 Å². The van der Waals surface area contributed by atoms with Crippen LogP contribution in [-0.2, 0) is 38.1 Å². The van der Waals surface area contributed by atoms with Crippen molar-refractivity contribution < 1.29 is 68.1 Å². The van der Waals surface area contributed by atoms with Crippen molar-refractivity contribution in [2.45, 2.75) is 128 Å².